The SMILES string of the molecule is CCCn1c(-c2ccc(NS(C)(=O)=O)cc2)c(N)c2ccc(OC)cc21. The Morgan fingerprint density at radius 1 is 1.15 bits per heavy atom. The number of nitrogens with one attached hydrogen (secondary N) is 1. The first kappa shape index (κ1) is 18.1. The van der Waals surface area contributed by atoms with Gasteiger partial charge in [-0.2, -0.15) is 0 Å². The Hall–Kier alpha value is -2.67. The van der Waals surface area contributed by atoms with Gasteiger partial charge < -0.3 is 15.0 Å². The summed E-state index contributed by atoms with van der Waals surface area (Å²) in [6.45, 7) is 2.94. The number of nitrogens with two attached hydrogens (primary N) is 1. The maximum Gasteiger partial charge on any atom is 0.229 e. The first-order valence-electron chi connectivity index (χ1n) is 8.38. The fourth-order valence-corrected chi connectivity index (χ4v) is 3.72. The topological polar surface area (TPSA) is 86.4 Å². The van der Waals surface area contributed by atoms with Gasteiger partial charge in [-0.25, -0.2) is 8.42 Å². The van der Waals surface area contributed by atoms with E-state index in [0.717, 1.165) is 47.1 Å². The van der Waals surface area contributed by atoms with Crippen LogP contribution in [0.3, 0.4) is 0 Å². The summed E-state index contributed by atoms with van der Waals surface area (Å²) in [5.74, 6) is 0.784. The highest BCUT2D eigenvalue weighted by atomic mass is 32.2. The zero-order valence-corrected chi connectivity index (χ0v) is 15.9. The normalized spacial score (nSPS) is 11.7. The lowest BCUT2D eigenvalue weighted by Gasteiger charge is -2.12. The van der Waals surface area contributed by atoms with Crippen molar-refractivity contribution in [1.29, 1.82) is 0 Å². The molecule has 0 atom stereocenters. The molecular formula is C19H23N3O3S. The first-order valence-corrected chi connectivity index (χ1v) is 10.3. The number of methoxy groups -OCH3 is 1. The number of aromatic nitrogens is 1. The molecule has 0 radical (unpaired) electrons. The third-order valence-corrected chi connectivity index (χ3v) is 4.83. The number of hydrogen-bond acceptors (Lipinski definition) is 4. The Labute approximate surface area is 153 Å². The van der Waals surface area contributed by atoms with Crippen molar-refractivity contribution in [3.05, 3.63) is 42.5 Å². The summed E-state index contributed by atoms with van der Waals surface area (Å²) in [7, 11) is -1.66. The average Bonchev–Trinajstić information content (AvgIpc) is 2.86. The largest absolute Gasteiger partial charge is 0.497 e. The fraction of sp³-hybridized carbons (Fsp3) is 0.263. The predicted molar refractivity (Wildman–Crippen MR) is 107 cm³/mol. The van der Waals surface area contributed by atoms with Crippen molar-refractivity contribution in [1.82, 2.24) is 4.57 Å². The molecule has 138 valence electrons. The molecule has 2 aromatic carbocycles. The van der Waals surface area contributed by atoms with Crippen LogP contribution in [-0.2, 0) is 16.6 Å². The molecule has 3 N–H and O–H groups in total. The second-order valence-electron chi connectivity index (χ2n) is 6.25. The van der Waals surface area contributed by atoms with E-state index in [9.17, 15) is 8.42 Å². The van der Waals surface area contributed by atoms with Crippen LogP contribution in [0.5, 0.6) is 5.75 Å². The van der Waals surface area contributed by atoms with Crippen molar-refractivity contribution in [3.63, 3.8) is 0 Å². The number of benzene rings is 2. The molecule has 0 bridgehead atoms. The van der Waals surface area contributed by atoms with Crippen molar-refractivity contribution in [2.45, 2.75) is 19.9 Å². The number of rotatable bonds is 6. The summed E-state index contributed by atoms with van der Waals surface area (Å²) in [5.41, 5.74) is 10.6. The van der Waals surface area contributed by atoms with Gasteiger partial charge in [0.1, 0.15) is 5.75 Å². The molecule has 0 aliphatic heterocycles. The quantitative estimate of drug-likeness (QED) is 0.690. The number of fused-ring (bicyclic) bond motifs is 1. The van der Waals surface area contributed by atoms with Crippen LogP contribution in [0.25, 0.3) is 22.2 Å². The second kappa shape index (κ2) is 6.92. The Kier molecular flexibility index (Phi) is 4.82. The minimum atomic E-state index is -3.30. The summed E-state index contributed by atoms with van der Waals surface area (Å²) < 4.78 is 32.8. The zero-order valence-electron chi connectivity index (χ0n) is 15.1. The molecule has 7 heteroatoms. The van der Waals surface area contributed by atoms with Crippen molar-refractivity contribution in [2.75, 3.05) is 23.8 Å². The van der Waals surface area contributed by atoms with Gasteiger partial charge in [-0.3, -0.25) is 4.72 Å². The number of sulfonamides is 1. The average molecular weight is 373 g/mol. The molecule has 0 amide bonds. The van der Waals surface area contributed by atoms with E-state index >= 15 is 0 Å². The van der Waals surface area contributed by atoms with E-state index < -0.39 is 10.0 Å². The zero-order chi connectivity index (χ0) is 18.9. The molecule has 0 aliphatic carbocycles. The van der Waals surface area contributed by atoms with Gasteiger partial charge in [-0.15, -0.1) is 0 Å². The monoisotopic (exact) mass is 373 g/mol. The Morgan fingerprint density at radius 2 is 1.85 bits per heavy atom. The molecule has 0 saturated heterocycles. The maximum absolute atomic E-state index is 11.4. The van der Waals surface area contributed by atoms with E-state index in [1.807, 2.05) is 30.3 Å². The van der Waals surface area contributed by atoms with Crippen LogP contribution in [0.4, 0.5) is 11.4 Å². The first-order chi connectivity index (χ1) is 12.3. The minimum Gasteiger partial charge on any atom is -0.497 e. The minimum absolute atomic E-state index is 0.523. The highest BCUT2D eigenvalue weighted by Crippen LogP contribution is 2.38. The molecule has 3 aromatic rings. The number of ether oxygens (including phenoxy) is 1. The van der Waals surface area contributed by atoms with Crippen molar-refractivity contribution in [3.8, 4) is 17.0 Å². The van der Waals surface area contributed by atoms with Gasteiger partial charge in [-0.05, 0) is 30.7 Å². The van der Waals surface area contributed by atoms with Gasteiger partial charge in [0.25, 0.3) is 0 Å². The number of nitrogens with zero attached hydrogens (tertiary/aromatic N) is 1. The van der Waals surface area contributed by atoms with E-state index in [2.05, 4.69) is 16.2 Å². The molecule has 26 heavy (non-hydrogen) atoms. The van der Waals surface area contributed by atoms with Gasteiger partial charge in [-0.1, -0.05) is 19.1 Å². The molecule has 0 aliphatic rings. The van der Waals surface area contributed by atoms with Crippen molar-refractivity contribution >= 4 is 32.3 Å². The molecule has 0 unspecified atom stereocenters. The van der Waals surface area contributed by atoms with Crippen LogP contribution in [0.1, 0.15) is 13.3 Å². The third-order valence-electron chi connectivity index (χ3n) is 4.22. The van der Waals surface area contributed by atoms with Crippen LogP contribution in [-0.4, -0.2) is 26.4 Å². The maximum atomic E-state index is 11.4. The van der Waals surface area contributed by atoms with Gasteiger partial charge >= 0.3 is 0 Å². The Bertz CT molecular complexity index is 1040. The van der Waals surface area contributed by atoms with Crippen LogP contribution >= 0.6 is 0 Å². The van der Waals surface area contributed by atoms with Crippen LogP contribution in [0, 0.1) is 0 Å². The molecule has 0 saturated carbocycles. The number of nitrogen functional groups attached to an aromatic ring is 1. The molecule has 1 heterocycles. The van der Waals surface area contributed by atoms with Crippen LogP contribution < -0.4 is 15.2 Å². The number of hydrogen-bond donors (Lipinski definition) is 2. The molecule has 0 spiro atoms. The summed E-state index contributed by atoms with van der Waals surface area (Å²) in [5, 5.41) is 0.979. The van der Waals surface area contributed by atoms with E-state index in [0.29, 0.717) is 11.4 Å². The lowest BCUT2D eigenvalue weighted by atomic mass is 10.1. The summed E-state index contributed by atoms with van der Waals surface area (Å²) in [6, 6.07) is 13.1. The lowest BCUT2D eigenvalue weighted by Crippen LogP contribution is -2.09. The van der Waals surface area contributed by atoms with E-state index in [1.54, 1.807) is 19.2 Å². The molecular weight excluding hydrogens is 350 g/mol. The van der Waals surface area contributed by atoms with Gasteiger partial charge in [0.05, 0.1) is 30.3 Å². The highest BCUT2D eigenvalue weighted by Gasteiger charge is 2.17. The molecule has 1 aromatic heterocycles. The summed E-state index contributed by atoms with van der Waals surface area (Å²) >= 11 is 0. The fourth-order valence-electron chi connectivity index (χ4n) is 3.16. The molecule has 3 rings (SSSR count). The predicted octanol–water partition coefficient (Wildman–Crippen LogP) is 3.68. The highest BCUT2D eigenvalue weighted by molar-refractivity contribution is 7.92. The lowest BCUT2D eigenvalue weighted by molar-refractivity contribution is 0.415. The van der Waals surface area contributed by atoms with Gasteiger partial charge in [0, 0.05) is 29.2 Å². The Balaban J connectivity index is 2.14. The summed E-state index contributed by atoms with van der Waals surface area (Å²) in [4.78, 5) is 0. The number of aryl methyl sites for hydroxylation is 1. The van der Waals surface area contributed by atoms with Gasteiger partial charge in [0.2, 0.25) is 10.0 Å². The summed E-state index contributed by atoms with van der Waals surface area (Å²) in [6.07, 6.45) is 2.09. The Morgan fingerprint density at radius 3 is 2.42 bits per heavy atom. The third kappa shape index (κ3) is 3.48. The van der Waals surface area contributed by atoms with Crippen molar-refractivity contribution in [2.24, 2.45) is 0 Å². The van der Waals surface area contributed by atoms with Crippen LogP contribution in [0.2, 0.25) is 0 Å². The van der Waals surface area contributed by atoms with E-state index in [1.165, 1.54) is 0 Å². The standard InChI is InChI=1S/C19H23N3O3S/c1-4-11-22-17-12-15(25-2)9-10-16(17)18(20)19(22)13-5-7-14(8-6-13)21-26(3,23)24/h5-10,12,21H,4,11,20H2,1-3H3. The molecule has 0 fully saturated rings. The van der Waals surface area contributed by atoms with E-state index in [4.69, 9.17) is 10.5 Å². The van der Waals surface area contributed by atoms with Crippen molar-refractivity contribution < 1.29 is 13.2 Å². The van der Waals surface area contributed by atoms with Crippen LogP contribution in [0.15, 0.2) is 42.5 Å². The molecule has 6 nitrogen and oxygen atoms in total. The second-order valence-corrected chi connectivity index (χ2v) is 8.00. The van der Waals surface area contributed by atoms with E-state index in [-0.39, 0.29) is 0 Å². The smallest absolute Gasteiger partial charge is 0.229 e. The number of anilines is 2. The van der Waals surface area contributed by atoms with Gasteiger partial charge in [0.15, 0.2) is 0 Å².